The van der Waals surface area contributed by atoms with Gasteiger partial charge in [0.25, 0.3) is 0 Å². The van der Waals surface area contributed by atoms with Crippen LogP contribution in [0, 0.1) is 5.41 Å². The van der Waals surface area contributed by atoms with Crippen molar-refractivity contribution in [1.29, 1.82) is 0 Å². The second-order valence-corrected chi connectivity index (χ2v) is 6.12. The van der Waals surface area contributed by atoms with Crippen molar-refractivity contribution in [2.24, 2.45) is 5.41 Å². The summed E-state index contributed by atoms with van der Waals surface area (Å²) in [7, 11) is 0. The van der Waals surface area contributed by atoms with E-state index in [2.05, 4.69) is 56.3 Å². The lowest BCUT2D eigenvalue weighted by Gasteiger charge is -2.38. The fourth-order valence-electron chi connectivity index (χ4n) is 3.42. The molecule has 0 heterocycles. The summed E-state index contributed by atoms with van der Waals surface area (Å²) in [5.74, 6) is 0. The largest absolute Gasteiger partial charge is 0.385 e. The van der Waals surface area contributed by atoms with Crippen LogP contribution in [0.3, 0.4) is 0 Å². The molecule has 18 heavy (non-hydrogen) atoms. The Bertz CT molecular complexity index is 580. The molecular formula is C17H20O. The first kappa shape index (κ1) is 11.7. The fraction of sp³-hybridized carbons (Fsp3) is 0.412. The zero-order valence-corrected chi connectivity index (χ0v) is 11.1. The first-order valence-electron chi connectivity index (χ1n) is 6.75. The average molecular weight is 240 g/mol. The molecule has 1 fully saturated rings. The van der Waals surface area contributed by atoms with E-state index in [-0.39, 0.29) is 5.41 Å². The summed E-state index contributed by atoms with van der Waals surface area (Å²) in [6, 6.07) is 14.6. The van der Waals surface area contributed by atoms with Gasteiger partial charge in [0.05, 0.1) is 5.60 Å². The SMILES string of the molecule is CC1(C)CCCC1(O)c1cccc2ccccc12. The van der Waals surface area contributed by atoms with E-state index in [0.717, 1.165) is 24.8 Å². The van der Waals surface area contributed by atoms with Gasteiger partial charge >= 0.3 is 0 Å². The standard InChI is InChI=1S/C17H20O/c1-16(2)11-6-12-17(16,18)15-10-5-8-13-7-3-4-9-14(13)15/h3-5,7-10,18H,6,11-12H2,1-2H3. The van der Waals surface area contributed by atoms with E-state index in [1.165, 1.54) is 10.8 Å². The molecule has 1 saturated carbocycles. The van der Waals surface area contributed by atoms with Crippen LogP contribution < -0.4 is 0 Å². The van der Waals surface area contributed by atoms with E-state index >= 15 is 0 Å². The monoisotopic (exact) mass is 240 g/mol. The quantitative estimate of drug-likeness (QED) is 0.790. The third-order valence-electron chi connectivity index (χ3n) is 4.70. The molecule has 0 bridgehead atoms. The Morgan fingerprint density at radius 2 is 1.67 bits per heavy atom. The molecule has 1 aliphatic rings. The highest BCUT2D eigenvalue weighted by atomic mass is 16.3. The van der Waals surface area contributed by atoms with Crippen LogP contribution >= 0.6 is 0 Å². The Kier molecular flexibility index (Phi) is 2.49. The van der Waals surface area contributed by atoms with Crippen molar-refractivity contribution in [3.63, 3.8) is 0 Å². The zero-order valence-electron chi connectivity index (χ0n) is 11.1. The molecular weight excluding hydrogens is 220 g/mol. The number of benzene rings is 2. The van der Waals surface area contributed by atoms with Gasteiger partial charge in [-0.3, -0.25) is 0 Å². The van der Waals surface area contributed by atoms with Crippen molar-refractivity contribution in [2.75, 3.05) is 0 Å². The summed E-state index contributed by atoms with van der Waals surface area (Å²) in [5, 5.41) is 13.6. The molecule has 1 aliphatic carbocycles. The second-order valence-electron chi connectivity index (χ2n) is 6.12. The molecule has 2 aromatic carbocycles. The smallest absolute Gasteiger partial charge is 0.0953 e. The Labute approximate surface area is 108 Å². The summed E-state index contributed by atoms with van der Waals surface area (Å²) >= 11 is 0. The van der Waals surface area contributed by atoms with Crippen molar-refractivity contribution >= 4 is 10.8 Å². The van der Waals surface area contributed by atoms with Crippen LogP contribution in [-0.2, 0) is 5.60 Å². The van der Waals surface area contributed by atoms with E-state index in [1.807, 2.05) is 0 Å². The molecule has 0 saturated heterocycles. The Balaban J connectivity index is 2.26. The Morgan fingerprint density at radius 1 is 0.944 bits per heavy atom. The minimum Gasteiger partial charge on any atom is -0.385 e. The van der Waals surface area contributed by atoms with Gasteiger partial charge in [-0.2, -0.15) is 0 Å². The number of fused-ring (bicyclic) bond motifs is 1. The number of aliphatic hydroxyl groups is 1. The van der Waals surface area contributed by atoms with Gasteiger partial charge in [0, 0.05) is 0 Å². The van der Waals surface area contributed by atoms with E-state index < -0.39 is 5.60 Å². The van der Waals surface area contributed by atoms with Gasteiger partial charge in [0.2, 0.25) is 0 Å². The zero-order chi connectivity index (χ0) is 12.8. The van der Waals surface area contributed by atoms with Crippen LogP contribution in [0.2, 0.25) is 0 Å². The van der Waals surface area contributed by atoms with Crippen LogP contribution in [0.15, 0.2) is 42.5 Å². The molecule has 2 aromatic rings. The van der Waals surface area contributed by atoms with Crippen molar-refractivity contribution < 1.29 is 5.11 Å². The first-order chi connectivity index (χ1) is 8.55. The highest BCUT2D eigenvalue weighted by molar-refractivity contribution is 5.86. The van der Waals surface area contributed by atoms with Crippen molar-refractivity contribution in [3.8, 4) is 0 Å². The molecule has 1 nitrogen and oxygen atoms in total. The van der Waals surface area contributed by atoms with Gasteiger partial charge < -0.3 is 5.11 Å². The lowest BCUT2D eigenvalue weighted by molar-refractivity contribution is -0.0472. The molecule has 1 N–H and O–H groups in total. The van der Waals surface area contributed by atoms with Crippen LogP contribution in [0.25, 0.3) is 10.8 Å². The van der Waals surface area contributed by atoms with Crippen LogP contribution in [-0.4, -0.2) is 5.11 Å². The van der Waals surface area contributed by atoms with E-state index in [4.69, 9.17) is 0 Å². The number of hydrogen-bond acceptors (Lipinski definition) is 1. The second kappa shape index (κ2) is 3.83. The van der Waals surface area contributed by atoms with Gasteiger partial charge in [-0.15, -0.1) is 0 Å². The predicted molar refractivity (Wildman–Crippen MR) is 75.5 cm³/mol. The van der Waals surface area contributed by atoms with Crippen LogP contribution in [0.4, 0.5) is 0 Å². The van der Waals surface area contributed by atoms with Crippen LogP contribution in [0.1, 0.15) is 38.7 Å². The summed E-state index contributed by atoms with van der Waals surface area (Å²) in [5.41, 5.74) is 0.369. The van der Waals surface area contributed by atoms with Gasteiger partial charge in [0.15, 0.2) is 0 Å². The van der Waals surface area contributed by atoms with Crippen LogP contribution in [0.5, 0.6) is 0 Å². The van der Waals surface area contributed by atoms with Gasteiger partial charge in [-0.1, -0.05) is 56.3 Å². The summed E-state index contributed by atoms with van der Waals surface area (Å²) in [6.07, 6.45) is 3.06. The third kappa shape index (κ3) is 1.50. The summed E-state index contributed by atoms with van der Waals surface area (Å²) in [4.78, 5) is 0. The van der Waals surface area contributed by atoms with E-state index in [9.17, 15) is 5.11 Å². The fourth-order valence-corrected chi connectivity index (χ4v) is 3.42. The molecule has 1 unspecified atom stereocenters. The highest BCUT2D eigenvalue weighted by Gasteiger charge is 2.49. The minimum atomic E-state index is -0.687. The van der Waals surface area contributed by atoms with E-state index in [0.29, 0.717) is 0 Å². The minimum absolute atomic E-state index is 0.0445. The summed E-state index contributed by atoms with van der Waals surface area (Å²) < 4.78 is 0. The topological polar surface area (TPSA) is 20.2 Å². The van der Waals surface area contributed by atoms with Gasteiger partial charge in [-0.05, 0) is 41.0 Å². The third-order valence-corrected chi connectivity index (χ3v) is 4.70. The van der Waals surface area contributed by atoms with Gasteiger partial charge in [-0.25, -0.2) is 0 Å². The Morgan fingerprint density at radius 3 is 2.39 bits per heavy atom. The number of hydrogen-bond donors (Lipinski definition) is 1. The van der Waals surface area contributed by atoms with Gasteiger partial charge in [0.1, 0.15) is 0 Å². The van der Waals surface area contributed by atoms with Crippen molar-refractivity contribution in [2.45, 2.75) is 38.7 Å². The first-order valence-corrected chi connectivity index (χ1v) is 6.75. The molecule has 0 radical (unpaired) electrons. The molecule has 0 amide bonds. The van der Waals surface area contributed by atoms with Crippen molar-refractivity contribution in [1.82, 2.24) is 0 Å². The lowest BCUT2D eigenvalue weighted by atomic mass is 9.72. The molecule has 0 aliphatic heterocycles. The maximum atomic E-state index is 11.2. The molecule has 3 rings (SSSR count). The lowest BCUT2D eigenvalue weighted by Crippen LogP contribution is -2.37. The van der Waals surface area contributed by atoms with Crippen molar-refractivity contribution in [3.05, 3.63) is 48.0 Å². The molecule has 0 aromatic heterocycles. The maximum absolute atomic E-state index is 11.2. The molecule has 94 valence electrons. The molecule has 1 atom stereocenters. The normalized spacial score (nSPS) is 26.6. The maximum Gasteiger partial charge on any atom is 0.0953 e. The number of rotatable bonds is 1. The predicted octanol–water partition coefficient (Wildman–Crippen LogP) is 4.24. The Hall–Kier alpha value is -1.34. The molecule has 0 spiro atoms. The summed E-state index contributed by atoms with van der Waals surface area (Å²) in [6.45, 7) is 4.36. The molecule has 1 heteroatoms. The van der Waals surface area contributed by atoms with E-state index in [1.54, 1.807) is 0 Å². The average Bonchev–Trinajstić information content (AvgIpc) is 2.64. The highest BCUT2D eigenvalue weighted by Crippen LogP contribution is 2.53.